The molecule has 0 spiro atoms. The normalized spacial score (nSPS) is 10.9. The summed E-state index contributed by atoms with van der Waals surface area (Å²) < 4.78 is 0. The topological polar surface area (TPSA) is 78.6 Å². The lowest BCUT2D eigenvalue weighted by atomic mass is 10.1. The van der Waals surface area contributed by atoms with Gasteiger partial charge in [0.2, 0.25) is 0 Å². The van der Waals surface area contributed by atoms with E-state index >= 15 is 0 Å². The van der Waals surface area contributed by atoms with Gasteiger partial charge in [-0.2, -0.15) is 0 Å². The molecule has 0 radical (unpaired) electrons. The van der Waals surface area contributed by atoms with Gasteiger partial charge < -0.3 is 10.4 Å². The third-order valence-corrected chi connectivity index (χ3v) is 3.28. The van der Waals surface area contributed by atoms with E-state index in [9.17, 15) is 10.1 Å². The highest BCUT2D eigenvalue weighted by atomic mass is 16.6. The first-order valence-corrected chi connectivity index (χ1v) is 7.46. The van der Waals surface area contributed by atoms with E-state index in [4.69, 9.17) is 5.11 Å². The predicted molar refractivity (Wildman–Crippen MR) is 84.5 cm³/mol. The van der Waals surface area contributed by atoms with E-state index in [-0.39, 0.29) is 17.2 Å². The zero-order valence-electron chi connectivity index (χ0n) is 12.8. The van der Waals surface area contributed by atoms with Gasteiger partial charge in [-0.15, -0.1) is 0 Å². The molecule has 0 atom stereocenters. The molecule has 0 saturated carbocycles. The van der Waals surface area contributed by atoms with Crippen LogP contribution in [-0.2, 0) is 6.54 Å². The van der Waals surface area contributed by atoms with Gasteiger partial charge in [-0.05, 0) is 31.5 Å². The number of aliphatic hydroxyl groups is 1. The quantitative estimate of drug-likeness (QED) is 0.512. The zero-order chi connectivity index (χ0) is 15.7. The van der Waals surface area contributed by atoms with Gasteiger partial charge in [-0.1, -0.05) is 19.4 Å². The molecule has 0 amide bonds. The summed E-state index contributed by atoms with van der Waals surface area (Å²) in [6.45, 7) is 7.04. The van der Waals surface area contributed by atoms with E-state index in [1.165, 1.54) is 0 Å². The fourth-order valence-corrected chi connectivity index (χ4v) is 2.22. The minimum Gasteiger partial charge on any atom is -0.395 e. The highest BCUT2D eigenvalue weighted by molar-refractivity contribution is 5.62. The monoisotopic (exact) mass is 295 g/mol. The molecule has 0 aliphatic carbocycles. The van der Waals surface area contributed by atoms with Crippen molar-refractivity contribution in [1.29, 1.82) is 0 Å². The molecular weight excluding hydrogens is 270 g/mol. The Morgan fingerprint density at radius 3 is 2.67 bits per heavy atom. The van der Waals surface area contributed by atoms with Crippen molar-refractivity contribution in [2.24, 2.45) is 0 Å². The van der Waals surface area contributed by atoms with Gasteiger partial charge in [0.05, 0.1) is 11.5 Å². The second-order valence-corrected chi connectivity index (χ2v) is 4.99. The molecule has 0 heterocycles. The largest absolute Gasteiger partial charge is 0.395 e. The van der Waals surface area contributed by atoms with Crippen LogP contribution in [0.1, 0.15) is 32.3 Å². The van der Waals surface area contributed by atoms with Crippen LogP contribution >= 0.6 is 0 Å². The van der Waals surface area contributed by atoms with Crippen LogP contribution in [0, 0.1) is 10.1 Å². The molecule has 0 unspecified atom stereocenters. The number of hydrogen-bond acceptors (Lipinski definition) is 5. The molecule has 1 aromatic rings. The number of nitro benzene ring substituents is 1. The summed E-state index contributed by atoms with van der Waals surface area (Å²) >= 11 is 0. The Hall–Kier alpha value is -1.66. The SMILES string of the molecule is CCCCN(CCO)Cc1ccc([N+](=O)[O-])c(NCC)c1. The lowest BCUT2D eigenvalue weighted by Gasteiger charge is -2.21. The summed E-state index contributed by atoms with van der Waals surface area (Å²) in [5.41, 5.74) is 1.67. The molecule has 0 fully saturated rings. The second kappa shape index (κ2) is 9.31. The van der Waals surface area contributed by atoms with Crippen LogP contribution in [-0.4, -0.2) is 41.2 Å². The standard InChI is InChI=1S/C15H25N3O3/c1-3-5-8-17(9-10-19)12-13-6-7-15(18(20)21)14(11-13)16-4-2/h6-7,11,16,19H,3-5,8-10,12H2,1-2H3. The zero-order valence-corrected chi connectivity index (χ0v) is 12.8. The fourth-order valence-electron chi connectivity index (χ4n) is 2.22. The summed E-state index contributed by atoms with van der Waals surface area (Å²) in [5, 5.41) is 23.2. The third-order valence-electron chi connectivity index (χ3n) is 3.28. The van der Waals surface area contributed by atoms with Crippen molar-refractivity contribution in [2.75, 3.05) is 31.6 Å². The van der Waals surface area contributed by atoms with Gasteiger partial charge in [0.15, 0.2) is 0 Å². The number of anilines is 1. The Bertz CT molecular complexity index is 452. The minimum absolute atomic E-state index is 0.0999. The van der Waals surface area contributed by atoms with Crippen molar-refractivity contribution in [1.82, 2.24) is 4.90 Å². The summed E-state index contributed by atoms with van der Waals surface area (Å²) in [7, 11) is 0. The highest BCUT2D eigenvalue weighted by Gasteiger charge is 2.14. The highest BCUT2D eigenvalue weighted by Crippen LogP contribution is 2.26. The average molecular weight is 295 g/mol. The molecule has 6 nitrogen and oxygen atoms in total. The van der Waals surface area contributed by atoms with Crippen molar-refractivity contribution in [3.05, 3.63) is 33.9 Å². The first kappa shape index (κ1) is 17.4. The number of nitrogens with one attached hydrogen (secondary N) is 1. The molecule has 2 N–H and O–H groups in total. The van der Waals surface area contributed by atoms with E-state index in [1.54, 1.807) is 12.1 Å². The Labute approximate surface area is 125 Å². The summed E-state index contributed by atoms with van der Waals surface area (Å²) in [4.78, 5) is 12.8. The molecule has 0 aliphatic heterocycles. The van der Waals surface area contributed by atoms with E-state index in [2.05, 4.69) is 17.1 Å². The number of nitrogens with zero attached hydrogens (tertiary/aromatic N) is 2. The van der Waals surface area contributed by atoms with Crippen molar-refractivity contribution in [3.63, 3.8) is 0 Å². The molecule has 118 valence electrons. The van der Waals surface area contributed by atoms with E-state index in [0.717, 1.165) is 24.9 Å². The molecule has 0 aliphatic rings. The first-order chi connectivity index (χ1) is 10.1. The maximum absolute atomic E-state index is 11.0. The Morgan fingerprint density at radius 1 is 1.33 bits per heavy atom. The third kappa shape index (κ3) is 5.69. The van der Waals surface area contributed by atoms with Gasteiger partial charge in [-0.3, -0.25) is 15.0 Å². The van der Waals surface area contributed by atoms with Crippen LogP contribution in [0.25, 0.3) is 0 Å². The molecule has 0 bridgehead atoms. The summed E-state index contributed by atoms with van der Waals surface area (Å²) in [6, 6.07) is 5.16. The summed E-state index contributed by atoms with van der Waals surface area (Å²) in [5.74, 6) is 0. The molecule has 1 rings (SSSR count). The fraction of sp³-hybridized carbons (Fsp3) is 0.600. The number of unbranched alkanes of at least 4 members (excludes halogenated alkanes) is 1. The Morgan fingerprint density at radius 2 is 2.10 bits per heavy atom. The van der Waals surface area contributed by atoms with Crippen LogP contribution in [0.3, 0.4) is 0 Å². The molecule has 0 aromatic heterocycles. The van der Waals surface area contributed by atoms with Gasteiger partial charge in [0, 0.05) is 25.7 Å². The van der Waals surface area contributed by atoms with E-state index < -0.39 is 0 Å². The maximum Gasteiger partial charge on any atom is 0.292 e. The molecule has 21 heavy (non-hydrogen) atoms. The van der Waals surface area contributed by atoms with E-state index in [0.29, 0.717) is 25.3 Å². The van der Waals surface area contributed by atoms with E-state index in [1.807, 2.05) is 13.0 Å². The lowest BCUT2D eigenvalue weighted by molar-refractivity contribution is -0.384. The van der Waals surface area contributed by atoms with Crippen LogP contribution < -0.4 is 5.32 Å². The number of aliphatic hydroxyl groups excluding tert-OH is 1. The van der Waals surface area contributed by atoms with Crippen LogP contribution in [0.5, 0.6) is 0 Å². The summed E-state index contributed by atoms with van der Waals surface area (Å²) in [6.07, 6.45) is 2.18. The number of nitro groups is 1. The van der Waals surface area contributed by atoms with Gasteiger partial charge in [0.25, 0.3) is 5.69 Å². The molecule has 1 aromatic carbocycles. The van der Waals surface area contributed by atoms with Gasteiger partial charge in [0.1, 0.15) is 5.69 Å². The van der Waals surface area contributed by atoms with Gasteiger partial charge in [-0.25, -0.2) is 0 Å². The van der Waals surface area contributed by atoms with Crippen LogP contribution in [0.15, 0.2) is 18.2 Å². The van der Waals surface area contributed by atoms with Crippen molar-refractivity contribution < 1.29 is 10.0 Å². The minimum atomic E-state index is -0.371. The van der Waals surface area contributed by atoms with Crippen LogP contribution in [0.4, 0.5) is 11.4 Å². The van der Waals surface area contributed by atoms with Gasteiger partial charge >= 0.3 is 0 Å². The lowest BCUT2D eigenvalue weighted by Crippen LogP contribution is -2.27. The predicted octanol–water partition coefficient (Wildman–Crippen LogP) is 2.62. The maximum atomic E-state index is 11.0. The molecule has 6 heteroatoms. The molecule has 0 saturated heterocycles. The molecular formula is C15H25N3O3. The Balaban J connectivity index is 2.85. The van der Waals surface area contributed by atoms with Crippen LogP contribution in [0.2, 0.25) is 0 Å². The number of hydrogen-bond donors (Lipinski definition) is 2. The first-order valence-electron chi connectivity index (χ1n) is 7.46. The second-order valence-electron chi connectivity index (χ2n) is 4.99. The Kier molecular flexibility index (Phi) is 7.71. The number of rotatable bonds is 10. The smallest absolute Gasteiger partial charge is 0.292 e. The van der Waals surface area contributed by atoms with Crippen molar-refractivity contribution in [3.8, 4) is 0 Å². The number of benzene rings is 1. The van der Waals surface area contributed by atoms with Crippen molar-refractivity contribution in [2.45, 2.75) is 33.2 Å². The average Bonchev–Trinajstić information content (AvgIpc) is 2.45. The van der Waals surface area contributed by atoms with Crippen molar-refractivity contribution >= 4 is 11.4 Å².